The Labute approximate surface area is 107 Å². The van der Waals surface area contributed by atoms with E-state index in [-0.39, 0.29) is 0 Å². The van der Waals surface area contributed by atoms with Gasteiger partial charge in [0.05, 0.1) is 5.71 Å². The summed E-state index contributed by atoms with van der Waals surface area (Å²) in [5.41, 5.74) is 5.41. The third kappa shape index (κ3) is 3.64. The minimum absolute atomic E-state index is 0.826. The first kappa shape index (κ1) is 13.9. The molecule has 1 rings (SSSR count). The summed E-state index contributed by atoms with van der Waals surface area (Å²) in [6.07, 6.45) is 2.07. The van der Waals surface area contributed by atoms with Crippen LogP contribution in [0.2, 0.25) is 0 Å². The molecule has 0 aliphatic carbocycles. The van der Waals surface area contributed by atoms with Gasteiger partial charge in [0.25, 0.3) is 0 Å². The first-order valence-corrected chi connectivity index (χ1v) is 6.27. The molecule has 2 heteroatoms. The topological polar surface area (TPSA) is 12.4 Å². The van der Waals surface area contributed by atoms with Crippen molar-refractivity contribution in [3.63, 3.8) is 0 Å². The predicted molar refractivity (Wildman–Crippen MR) is 81.3 cm³/mol. The highest BCUT2D eigenvalue weighted by Crippen LogP contribution is 2.13. The highest BCUT2D eigenvalue weighted by molar-refractivity contribution is 7.27. The molecule has 0 aliphatic rings. The molecule has 0 radical (unpaired) electrons. The van der Waals surface area contributed by atoms with Gasteiger partial charge in [-0.25, -0.2) is 0 Å². The van der Waals surface area contributed by atoms with E-state index in [2.05, 4.69) is 58.9 Å². The summed E-state index contributed by atoms with van der Waals surface area (Å²) in [6, 6.07) is 6.38. The van der Waals surface area contributed by atoms with Gasteiger partial charge in [0.1, 0.15) is 0 Å². The van der Waals surface area contributed by atoms with Crippen LogP contribution in [0, 0.1) is 6.92 Å². The largest absolute Gasteiger partial charge is 0.253 e. The normalized spacial score (nSPS) is 12.8. The molecule has 17 heavy (non-hydrogen) atoms. The molecule has 1 atom stereocenters. The van der Waals surface area contributed by atoms with E-state index in [1.165, 1.54) is 16.4 Å². The minimum Gasteiger partial charge on any atom is -0.253 e. The molecule has 1 aromatic rings. The molecule has 0 amide bonds. The summed E-state index contributed by atoms with van der Waals surface area (Å²) in [5, 5.41) is 1.21. The van der Waals surface area contributed by atoms with Crippen LogP contribution in [0.3, 0.4) is 0 Å². The summed E-state index contributed by atoms with van der Waals surface area (Å²) in [5.74, 6) is 0. The van der Waals surface area contributed by atoms with Gasteiger partial charge in [-0.05, 0) is 50.2 Å². The van der Waals surface area contributed by atoms with Crippen molar-refractivity contribution in [3.8, 4) is 0 Å². The standard InChI is InChI=1S/C15H20NP/c1-6-11(4)15(16-10(2)3)13-8-7-12(5)14(17)9-13/h6-9H,2,17H2,1,3-5H3/b11-6-,16-15?. The molecular weight excluding hydrogens is 225 g/mol. The molecule has 0 aliphatic heterocycles. The lowest BCUT2D eigenvalue weighted by Gasteiger charge is -2.09. The van der Waals surface area contributed by atoms with E-state index in [1.54, 1.807) is 0 Å². The second kappa shape index (κ2) is 5.93. The van der Waals surface area contributed by atoms with Gasteiger partial charge in [-0.15, -0.1) is 9.24 Å². The van der Waals surface area contributed by atoms with E-state index in [1.807, 2.05) is 13.8 Å². The van der Waals surface area contributed by atoms with E-state index in [0.717, 1.165) is 17.0 Å². The molecule has 0 saturated heterocycles. The predicted octanol–water partition coefficient (Wildman–Crippen LogP) is 3.78. The summed E-state index contributed by atoms with van der Waals surface area (Å²) in [4.78, 5) is 4.53. The Bertz CT molecular complexity index is 496. The van der Waals surface area contributed by atoms with Crippen molar-refractivity contribution >= 4 is 20.3 Å². The monoisotopic (exact) mass is 245 g/mol. The Hall–Kier alpha value is -1.20. The zero-order chi connectivity index (χ0) is 13.0. The maximum atomic E-state index is 4.53. The lowest BCUT2D eigenvalue weighted by Crippen LogP contribution is -2.07. The van der Waals surface area contributed by atoms with Crippen LogP contribution in [0.15, 0.2) is 47.1 Å². The molecule has 1 aromatic carbocycles. The fourth-order valence-corrected chi connectivity index (χ4v) is 1.77. The van der Waals surface area contributed by atoms with Gasteiger partial charge in [-0.3, -0.25) is 4.99 Å². The van der Waals surface area contributed by atoms with E-state index >= 15 is 0 Å². The van der Waals surface area contributed by atoms with Crippen molar-refractivity contribution < 1.29 is 0 Å². The van der Waals surface area contributed by atoms with Gasteiger partial charge >= 0.3 is 0 Å². The van der Waals surface area contributed by atoms with Crippen molar-refractivity contribution in [1.82, 2.24) is 0 Å². The van der Waals surface area contributed by atoms with Crippen LogP contribution in [-0.2, 0) is 0 Å². The van der Waals surface area contributed by atoms with Gasteiger partial charge < -0.3 is 0 Å². The molecule has 0 bridgehead atoms. The zero-order valence-electron chi connectivity index (χ0n) is 11.0. The third-order valence-electron chi connectivity index (χ3n) is 2.66. The minimum atomic E-state index is 0.826. The Morgan fingerprint density at radius 1 is 1.35 bits per heavy atom. The van der Waals surface area contributed by atoms with Gasteiger partial charge in [0.2, 0.25) is 0 Å². The lowest BCUT2D eigenvalue weighted by atomic mass is 10.0. The SMILES string of the molecule is C=C(C)N=C(/C(C)=C\C)c1ccc(C)c(P)c1. The van der Waals surface area contributed by atoms with Crippen LogP contribution in [0.1, 0.15) is 31.9 Å². The zero-order valence-corrected chi connectivity index (χ0v) is 12.2. The van der Waals surface area contributed by atoms with Gasteiger partial charge in [-0.2, -0.15) is 0 Å². The summed E-state index contributed by atoms with van der Waals surface area (Å²) in [7, 11) is 2.76. The summed E-state index contributed by atoms with van der Waals surface area (Å²) >= 11 is 0. The Morgan fingerprint density at radius 3 is 2.47 bits per heavy atom. The molecule has 0 N–H and O–H groups in total. The van der Waals surface area contributed by atoms with Crippen molar-refractivity contribution in [3.05, 3.63) is 53.3 Å². The smallest absolute Gasteiger partial charge is 0.0730 e. The Morgan fingerprint density at radius 2 is 2.00 bits per heavy atom. The van der Waals surface area contributed by atoms with Gasteiger partial charge in [0.15, 0.2) is 0 Å². The van der Waals surface area contributed by atoms with Crippen molar-refractivity contribution in [2.24, 2.45) is 4.99 Å². The van der Waals surface area contributed by atoms with Crippen molar-refractivity contribution in [1.29, 1.82) is 0 Å². The summed E-state index contributed by atoms with van der Waals surface area (Å²) < 4.78 is 0. The van der Waals surface area contributed by atoms with Gasteiger partial charge in [-0.1, -0.05) is 24.8 Å². The fraction of sp³-hybridized carbons (Fsp3) is 0.267. The van der Waals surface area contributed by atoms with E-state index in [4.69, 9.17) is 0 Å². The molecule has 0 fully saturated rings. The molecule has 1 nitrogen and oxygen atoms in total. The number of allylic oxidation sites excluding steroid dienone is 3. The van der Waals surface area contributed by atoms with E-state index in [9.17, 15) is 0 Å². The summed E-state index contributed by atoms with van der Waals surface area (Å²) in [6.45, 7) is 12.0. The molecule has 0 saturated carbocycles. The Balaban J connectivity index is 3.33. The third-order valence-corrected chi connectivity index (χ3v) is 3.28. The van der Waals surface area contributed by atoms with Crippen molar-refractivity contribution in [2.45, 2.75) is 27.7 Å². The van der Waals surface area contributed by atoms with Crippen LogP contribution < -0.4 is 5.30 Å². The second-order valence-corrected chi connectivity index (χ2v) is 4.86. The van der Waals surface area contributed by atoms with Crippen LogP contribution in [0.25, 0.3) is 0 Å². The first-order chi connectivity index (χ1) is 7.95. The van der Waals surface area contributed by atoms with Gasteiger partial charge in [0, 0.05) is 11.3 Å². The molecular formula is C15H20NP. The fourth-order valence-electron chi connectivity index (χ4n) is 1.50. The van der Waals surface area contributed by atoms with Crippen LogP contribution in [0.4, 0.5) is 0 Å². The molecule has 0 spiro atoms. The average molecular weight is 245 g/mol. The van der Waals surface area contributed by atoms with Crippen molar-refractivity contribution in [2.75, 3.05) is 0 Å². The number of aliphatic imine (C=N–C) groups is 1. The average Bonchev–Trinajstić information content (AvgIpc) is 2.28. The maximum Gasteiger partial charge on any atom is 0.0730 e. The number of benzene rings is 1. The highest BCUT2D eigenvalue weighted by Gasteiger charge is 2.06. The molecule has 0 aromatic heterocycles. The van der Waals surface area contributed by atoms with E-state index in [0.29, 0.717) is 0 Å². The Kier molecular flexibility index (Phi) is 4.84. The number of rotatable bonds is 3. The first-order valence-electron chi connectivity index (χ1n) is 5.69. The lowest BCUT2D eigenvalue weighted by molar-refractivity contribution is 1.30. The second-order valence-electron chi connectivity index (χ2n) is 4.24. The maximum absolute atomic E-state index is 4.53. The quantitative estimate of drug-likeness (QED) is 0.567. The van der Waals surface area contributed by atoms with Crippen LogP contribution >= 0.6 is 9.24 Å². The number of nitrogens with zero attached hydrogens (tertiary/aromatic N) is 1. The number of hydrogen-bond donors (Lipinski definition) is 0. The molecule has 90 valence electrons. The number of hydrogen-bond acceptors (Lipinski definition) is 1. The van der Waals surface area contributed by atoms with E-state index < -0.39 is 0 Å². The molecule has 1 unspecified atom stereocenters. The molecule has 0 heterocycles. The highest BCUT2D eigenvalue weighted by atomic mass is 31.0. The number of aryl methyl sites for hydroxylation is 1. The van der Waals surface area contributed by atoms with Crippen LogP contribution in [0.5, 0.6) is 0 Å². The van der Waals surface area contributed by atoms with Crippen LogP contribution in [-0.4, -0.2) is 5.71 Å².